The zero-order valence-corrected chi connectivity index (χ0v) is 13.6. The number of carboxylic acids is 1. The fourth-order valence-electron chi connectivity index (χ4n) is 3.30. The minimum atomic E-state index is -0.766. The maximum Gasteiger partial charge on any atom is 0.303 e. The zero-order valence-electron chi connectivity index (χ0n) is 13.6. The second kappa shape index (κ2) is 7.34. The average molecular weight is 326 g/mol. The van der Waals surface area contributed by atoms with Gasteiger partial charge in [-0.15, -0.1) is 0 Å². The summed E-state index contributed by atoms with van der Waals surface area (Å²) in [4.78, 5) is 25.4. The van der Waals surface area contributed by atoms with E-state index in [0.29, 0.717) is 18.5 Å². The molecule has 2 heterocycles. The highest BCUT2D eigenvalue weighted by atomic mass is 16.4. The number of carboxylic acid groups (broad SMARTS) is 1. The summed E-state index contributed by atoms with van der Waals surface area (Å²) in [7, 11) is 0. The van der Waals surface area contributed by atoms with Crippen LogP contribution in [-0.4, -0.2) is 39.5 Å². The van der Waals surface area contributed by atoms with Crippen LogP contribution in [0.2, 0.25) is 0 Å². The molecule has 3 rings (SSSR count). The number of carbonyl (C=O) groups excluding carboxylic acids is 1. The minimum absolute atomic E-state index is 0.0315. The molecule has 5 heteroatoms. The van der Waals surface area contributed by atoms with E-state index in [1.165, 1.54) is 0 Å². The Labute approximate surface area is 141 Å². The van der Waals surface area contributed by atoms with Gasteiger partial charge in [-0.05, 0) is 55.5 Å². The molecule has 0 spiro atoms. The Morgan fingerprint density at radius 1 is 1.17 bits per heavy atom. The highest BCUT2D eigenvalue weighted by Crippen LogP contribution is 2.23. The van der Waals surface area contributed by atoms with Crippen molar-refractivity contribution in [3.8, 4) is 5.69 Å². The number of benzene rings is 1. The zero-order chi connectivity index (χ0) is 16.9. The Morgan fingerprint density at radius 3 is 2.71 bits per heavy atom. The van der Waals surface area contributed by atoms with E-state index in [2.05, 4.69) is 0 Å². The summed E-state index contributed by atoms with van der Waals surface area (Å²) in [5, 5.41) is 8.84. The molecule has 126 valence electrons. The Kier molecular flexibility index (Phi) is 4.99. The second-order valence-electron chi connectivity index (χ2n) is 6.33. The first-order chi connectivity index (χ1) is 11.6. The minimum Gasteiger partial charge on any atom is -0.481 e. The summed E-state index contributed by atoms with van der Waals surface area (Å²) in [6.45, 7) is 1.40. The molecule has 1 aliphatic heterocycles. The molecule has 5 nitrogen and oxygen atoms in total. The highest BCUT2D eigenvalue weighted by molar-refractivity contribution is 5.94. The molecule has 1 amide bonds. The van der Waals surface area contributed by atoms with E-state index >= 15 is 0 Å². The molecule has 1 aromatic carbocycles. The molecule has 1 aliphatic rings. The number of piperidine rings is 1. The van der Waals surface area contributed by atoms with Gasteiger partial charge in [0.05, 0.1) is 0 Å². The summed E-state index contributed by atoms with van der Waals surface area (Å²) >= 11 is 0. The van der Waals surface area contributed by atoms with Crippen LogP contribution in [0.5, 0.6) is 0 Å². The molecule has 1 atom stereocenters. The Bertz CT molecular complexity index is 709. The quantitative estimate of drug-likeness (QED) is 0.918. The number of hydrogen-bond acceptors (Lipinski definition) is 2. The molecule has 0 saturated carbocycles. The molecule has 0 radical (unpaired) electrons. The first kappa shape index (κ1) is 16.3. The number of carbonyl (C=O) groups is 2. The Hall–Kier alpha value is -2.56. The van der Waals surface area contributed by atoms with E-state index in [4.69, 9.17) is 5.11 Å². The predicted molar refractivity (Wildman–Crippen MR) is 91.3 cm³/mol. The van der Waals surface area contributed by atoms with Crippen LogP contribution >= 0.6 is 0 Å². The molecule has 2 aromatic rings. The van der Waals surface area contributed by atoms with Crippen LogP contribution in [0.25, 0.3) is 5.69 Å². The van der Waals surface area contributed by atoms with Crippen LogP contribution < -0.4 is 0 Å². The first-order valence-corrected chi connectivity index (χ1v) is 8.38. The van der Waals surface area contributed by atoms with Crippen LogP contribution in [0.15, 0.2) is 48.8 Å². The predicted octanol–water partition coefficient (Wildman–Crippen LogP) is 3.19. The third-order valence-electron chi connectivity index (χ3n) is 4.57. The van der Waals surface area contributed by atoms with E-state index in [1.807, 2.05) is 58.3 Å². The van der Waals surface area contributed by atoms with Crippen molar-refractivity contribution in [1.29, 1.82) is 0 Å². The van der Waals surface area contributed by atoms with Crippen molar-refractivity contribution in [3.05, 3.63) is 54.4 Å². The third-order valence-corrected chi connectivity index (χ3v) is 4.57. The van der Waals surface area contributed by atoms with Gasteiger partial charge in [0.15, 0.2) is 0 Å². The van der Waals surface area contributed by atoms with E-state index in [0.717, 1.165) is 25.1 Å². The standard InChI is InChI=1S/C19H22N2O3/c22-18(23)9-8-15-5-4-12-21(14-15)19(24)16-6-3-7-17(13-16)20-10-1-2-11-20/h1-3,6-7,10-11,13,15H,4-5,8-9,12,14H2,(H,22,23)/t15-/m1/s1. The molecular weight excluding hydrogens is 304 g/mol. The molecule has 1 N–H and O–H groups in total. The molecule has 0 aliphatic carbocycles. The molecule has 0 bridgehead atoms. The van der Waals surface area contributed by atoms with Gasteiger partial charge in [-0.25, -0.2) is 0 Å². The van der Waals surface area contributed by atoms with Crippen LogP contribution in [0.1, 0.15) is 36.0 Å². The number of nitrogens with zero attached hydrogens (tertiary/aromatic N) is 2. The lowest BCUT2D eigenvalue weighted by Crippen LogP contribution is -2.40. The maximum absolute atomic E-state index is 12.8. The van der Waals surface area contributed by atoms with Gasteiger partial charge in [0.1, 0.15) is 0 Å². The lowest BCUT2D eigenvalue weighted by Gasteiger charge is -2.32. The van der Waals surface area contributed by atoms with Crippen molar-refractivity contribution >= 4 is 11.9 Å². The molecule has 1 aromatic heterocycles. The van der Waals surface area contributed by atoms with Gasteiger partial charge < -0.3 is 14.6 Å². The lowest BCUT2D eigenvalue weighted by atomic mass is 9.93. The number of aromatic nitrogens is 1. The van der Waals surface area contributed by atoms with Crippen molar-refractivity contribution in [2.24, 2.45) is 5.92 Å². The number of likely N-dealkylation sites (tertiary alicyclic amines) is 1. The van der Waals surface area contributed by atoms with E-state index < -0.39 is 5.97 Å². The van der Waals surface area contributed by atoms with Crippen molar-refractivity contribution in [1.82, 2.24) is 9.47 Å². The fraction of sp³-hybridized carbons (Fsp3) is 0.368. The van der Waals surface area contributed by atoms with Crippen LogP contribution in [0.4, 0.5) is 0 Å². The largest absolute Gasteiger partial charge is 0.481 e. The van der Waals surface area contributed by atoms with Gasteiger partial charge in [-0.2, -0.15) is 0 Å². The fourth-order valence-corrected chi connectivity index (χ4v) is 3.30. The third kappa shape index (κ3) is 3.85. The Balaban J connectivity index is 1.69. The van der Waals surface area contributed by atoms with Gasteiger partial charge in [0, 0.05) is 43.2 Å². The molecular formula is C19H22N2O3. The van der Waals surface area contributed by atoms with Crippen LogP contribution in [0, 0.1) is 5.92 Å². The van der Waals surface area contributed by atoms with Gasteiger partial charge in [0.25, 0.3) is 5.91 Å². The monoisotopic (exact) mass is 326 g/mol. The lowest BCUT2D eigenvalue weighted by molar-refractivity contribution is -0.137. The number of amides is 1. The molecule has 0 unspecified atom stereocenters. The number of aliphatic carboxylic acids is 1. The van der Waals surface area contributed by atoms with Crippen LogP contribution in [-0.2, 0) is 4.79 Å². The summed E-state index contributed by atoms with van der Waals surface area (Å²) in [5.74, 6) is -0.451. The Morgan fingerprint density at radius 2 is 1.96 bits per heavy atom. The van der Waals surface area contributed by atoms with E-state index in [1.54, 1.807) is 0 Å². The van der Waals surface area contributed by atoms with Crippen molar-refractivity contribution in [2.75, 3.05) is 13.1 Å². The topological polar surface area (TPSA) is 62.5 Å². The number of rotatable bonds is 5. The molecule has 1 fully saturated rings. The SMILES string of the molecule is O=C(O)CC[C@H]1CCCN(C(=O)c2cccc(-n3cccc3)c2)C1. The normalized spacial score (nSPS) is 17.7. The van der Waals surface area contributed by atoms with Gasteiger partial charge >= 0.3 is 5.97 Å². The summed E-state index contributed by atoms with van der Waals surface area (Å²) in [5.41, 5.74) is 1.64. The summed E-state index contributed by atoms with van der Waals surface area (Å²) in [6.07, 6.45) is 6.66. The average Bonchev–Trinajstić information content (AvgIpc) is 3.14. The highest BCUT2D eigenvalue weighted by Gasteiger charge is 2.25. The van der Waals surface area contributed by atoms with Gasteiger partial charge in [-0.1, -0.05) is 6.07 Å². The van der Waals surface area contributed by atoms with E-state index in [-0.39, 0.29) is 18.2 Å². The number of hydrogen-bond donors (Lipinski definition) is 1. The van der Waals surface area contributed by atoms with Crippen molar-refractivity contribution in [2.45, 2.75) is 25.7 Å². The molecule has 24 heavy (non-hydrogen) atoms. The second-order valence-corrected chi connectivity index (χ2v) is 6.33. The van der Waals surface area contributed by atoms with Gasteiger partial charge in [-0.3, -0.25) is 9.59 Å². The van der Waals surface area contributed by atoms with Crippen molar-refractivity contribution < 1.29 is 14.7 Å². The van der Waals surface area contributed by atoms with Gasteiger partial charge in [0.2, 0.25) is 0 Å². The summed E-state index contributed by atoms with van der Waals surface area (Å²) < 4.78 is 1.97. The smallest absolute Gasteiger partial charge is 0.303 e. The van der Waals surface area contributed by atoms with Crippen LogP contribution in [0.3, 0.4) is 0 Å². The maximum atomic E-state index is 12.8. The molecule has 1 saturated heterocycles. The van der Waals surface area contributed by atoms with Crippen molar-refractivity contribution in [3.63, 3.8) is 0 Å². The summed E-state index contributed by atoms with van der Waals surface area (Å²) in [6, 6.07) is 11.5. The van der Waals surface area contributed by atoms with E-state index in [9.17, 15) is 9.59 Å². The first-order valence-electron chi connectivity index (χ1n) is 8.38.